The molecule has 0 unspecified atom stereocenters. The van der Waals surface area contributed by atoms with E-state index in [0.717, 1.165) is 31.9 Å². The summed E-state index contributed by atoms with van der Waals surface area (Å²) < 4.78 is 29.4. The van der Waals surface area contributed by atoms with Gasteiger partial charge in [0.1, 0.15) is 17.6 Å². The zero-order valence-electron chi connectivity index (χ0n) is 19.0. The molecule has 2 aliphatic rings. The van der Waals surface area contributed by atoms with Gasteiger partial charge in [-0.1, -0.05) is 30.7 Å². The molecule has 5 rings (SSSR count). The number of hydrogen-bond donors (Lipinski definition) is 1. The molecule has 7 nitrogen and oxygen atoms in total. The summed E-state index contributed by atoms with van der Waals surface area (Å²) in [5.41, 5.74) is 0.883. The minimum absolute atomic E-state index is 0.107. The minimum Gasteiger partial charge on any atom is -0.507 e. The van der Waals surface area contributed by atoms with Crippen molar-refractivity contribution in [3.05, 3.63) is 36.4 Å². The summed E-state index contributed by atoms with van der Waals surface area (Å²) >= 11 is 1.30. The molecule has 1 aromatic carbocycles. The van der Waals surface area contributed by atoms with Crippen LogP contribution in [0.4, 0.5) is 14.6 Å². The molecule has 0 radical (unpaired) electrons. The molecule has 0 saturated heterocycles. The van der Waals surface area contributed by atoms with Crippen LogP contribution in [0.15, 0.2) is 35.7 Å². The van der Waals surface area contributed by atoms with Gasteiger partial charge in [0.05, 0.1) is 24.0 Å². The fraction of sp³-hybridized carbons (Fsp3) is 0.458. The Morgan fingerprint density at radius 3 is 2.71 bits per heavy atom. The molecule has 1 N–H and O–H groups in total. The normalized spacial score (nSPS) is 24.1. The highest BCUT2D eigenvalue weighted by Crippen LogP contribution is 2.43. The number of aromatic hydroxyl groups is 1. The zero-order chi connectivity index (χ0) is 23.8. The Labute approximate surface area is 201 Å². The van der Waals surface area contributed by atoms with Crippen LogP contribution in [0.5, 0.6) is 5.75 Å². The number of phenols is 1. The highest BCUT2D eigenvalue weighted by Gasteiger charge is 2.42. The molecule has 2 heterocycles. The number of phenolic OH excluding ortho intramolecular Hbond substituents is 1. The maximum absolute atomic E-state index is 15.1. The van der Waals surface area contributed by atoms with E-state index in [2.05, 4.69) is 25.1 Å². The zero-order valence-corrected chi connectivity index (χ0v) is 19.8. The molecule has 3 aromatic rings. The van der Waals surface area contributed by atoms with Crippen LogP contribution in [0.25, 0.3) is 22.6 Å². The van der Waals surface area contributed by atoms with Crippen molar-refractivity contribution in [2.75, 3.05) is 18.2 Å². The highest BCUT2D eigenvalue weighted by molar-refractivity contribution is 7.98. The van der Waals surface area contributed by atoms with Gasteiger partial charge in [-0.3, -0.25) is 0 Å². The third-order valence-corrected chi connectivity index (χ3v) is 7.60. The van der Waals surface area contributed by atoms with E-state index in [9.17, 15) is 9.50 Å². The molecule has 0 spiro atoms. The van der Waals surface area contributed by atoms with E-state index in [1.807, 2.05) is 11.9 Å². The van der Waals surface area contributed by atoms with Crippen LogP contribution in [0.1, 0.15) is 32.1 Å². The summed E-state index contributed by atoms with van der Waals surface area (Å²) in [6.45, 7) is 0. The van der Waals surface area contributed by atoms with Gasteiger partial charge in [0.15, 0.2) is 22.6 Å². The van der Waals surface area contributed by atoms with E-state index in [0.29, 0.717) is 28.0 Å². The Hall–Kier alpha value is -2.88. The van der Waals surface area contributed by atoms with Gasteiger partial charge in [0, 0.05) is 12.6 Å². The van der Waals surface area contributed by atoms with Crippen molar-refractivity contribution in [1.82, 2.24) is 25.1 Å². The third kappa shape index (κ3) is 4.31. The van der Waals surface area contributed by atoms with Gasteiger partial charge in [0.2, 0.25) is 0 Å². The molecule has 2 fully saturated rings. The number of thioether (sulfide) groups is 1. The highest BCUT2D eigenvalue weighted by atomic mass is 32.2. The van der Waals surface area contributed by atoms with Gasteiger partial charge in [-0.2, -0.15) is 0 Å². The summed E-state index contributed by atoms with van der Waals surface area (Å²) in [6, 6.07) is 4.43. The van der Waals surface area contributed by atoms with Crippen molar-refractivity contribution in [2.45, 2.75) is 49.5 Å². The lowest BCUT2D eigenvalue weighted by Crippen LogP contribution is -2.49. The second-order valence-corrected chi connectivity index (χ2v) is 9.85. The van der Waals surface area contributed by atoms with Gasteiger partial charge in [-0.25, -0.2) is 23.7 Å². The predicted octanol–water partition coefficient (Wildman–Crippen LogP) is 4.92. The lowest BCUT2D eigenvalue weighted by atomic mass is 9.69. The first kappa shape index (κ1) is 22.9. The van der Waals surface area contributed by atoms with Crippen molar-refractivity contribution in [1.29, 1.82) is 0 Å². The molecule has 0 amide bonds. The second kappa shape index (κ2) is 9.40. The lowest BCUT2D eigenvalue weighted by molar-refractivity contribution is 0.0656. The summed E-state index contributed by atoms with van der Waals surface area (Å²) in [5, 5.41) is 19.5. The largest absolute Gasteiger partial charge is 0.507 e. The van der Waals surface area contributed by atoms with Gasteiger partial charge in [-0.05, 0) is 49.5 Å². The average molecular weight is 485 g/mol. The Morgan fingerprint density at radius 1 is 1.12 bits per heavy atom. The molecule has 2 saturated carbocycles. The van der Waals surface area contributed by atoms with Crippen LogP contribution >= 0.6 is 11.8 Å². The number of rotatable bonds is 5. The fourth-order valence-electron chi connectivity index (χ4n) is 5.24. The fourth-order valence-corrected chi connectivity index (χ4v) is 5.58. The summed E-state index contributed by atoms with van der Waals surface area (Å²) in [7, 11) is 1.84. The molecule has 2 aromatic heterocycles. The molecule has 178 valence electrons. The first-order chi connectivity index (χ1) is 16.4. The molecular formula is C24H26F2N6OS. The topological polar surface area (TPSA) is 87.9 Å². The smallest absolute Gasteiger partial charge is 0.187 e. The number of hydrogen-bond acceptors (Lipinski definition) is 8. The summed E-state index contributed by atoms with van der Waals surface area (Å²) in [5.74, 6) is 0.732. The second-order valence-electron chi connectivity index (χ2n) is 9.08. The van der Waals surface area contributed by atoms with Crippen molar-refractivity contribution in [3.63, 3.8) is 0 Å². The Morgan fingerprint density at radius 2 is 1.97 bits per heavy atom. The van der Waals surface area contributed by atoms with E-state index in [-0.39, 0.29) is 29.2 Å². The molecule has 0 aliphatic heterocycles. The Bertz CT molecular complexity index is 1180. The first-order valence-electron chi connectivity index (χ1n) is 11.4. The number of anilines is 1. The number of benzene rings is 1. The standard InChI is InChI=1S/C24H26F2N6OS/c1-32(18-9-13-4-3-5-14(8-13)21(18)26)20-12-27-23(31-30-20)16-7-6-15(10-19(16)33)22-17(25)11-28-24(29-22)34-2/h6-7,10-14,18,21,33H,3-5,8-9H2,1-2H3/t13-,14+,18+,21-/m0/s1. The van der Waals surface area contributed by atoms with E-state index in [1.165, 1.54) is 24.2 Å². The van der Waals surface area contributed by atoms with Crippen LogP contribution < -0.4 is 4.90 Å². The Balaban J connectivity index is 1.36. The summed E-state index contributed by atoms with van der Waals surface area (Å²) in [4.78, 5) is 14.3. The van der Waals surface area contributed by atoms with E-state index < -0.39 is 12.0 Å². The van der Waals surface area contributed by atoms with Crippen LogP contribution in [-0.4, -0.2) is 55.8 Å². The maximum Gasteiger partial charge on any atom is 0.187 e. The SMILES string of the molecule is CSc1ncc(F)c(-c2ccc(-c3ncc(N(C)[C@@H]4C[C@H]5CCC[C@H](C5)[C@@H]4F)nn3)c(O)c2)n1. The van der Waals surface area contributed by atoms with Gasteiger partial charge >= 0.3 is 0 Å². The van der Waals surface area contributed by atoms with E-state index in [1.54, 1.807) is 24.6 Å². The van der Waals surface area contributed by atoms with E-state index in [4.69, 9.17) is 0 Å². The number of halogens is 2. The van der Waals surface area contributed by atoms with Crippen LogP contribution in [0.2, 0.25) is 0 Å². The van der Waals surface area contributed by atoms with Crippen LogP contribution in [0, 0.1) is 17.7 Å². The van der Waals surface area contributed by atoms with Crippen LogP contribution in [-0.2, 0) is 0 Å². The van der Waals surface area contributed by atoms with Gasteiger partial charge < -0.3 is 10.0 Å². The first-order valence-corrected chi connectivity index (χ1v) is 12.6. The molecule has 2 bridgehead atoms. The Kier molecular flexibility index (Phi) is 6.33. The average Bonchev–Trinajstić information content (AvgIpc) is 2.86. The van der Waals surface area contributed by atoms with Crippen molar-refractivity contribution in [3.8, 4) is 28.4 Å². The molecular weight excluding hydrogens is 458 g/mol. The van der Waals surface area contributed by atoms with Gasteiger partial charge in [-0.15, -0.1) is 10.2 Å². The summed E-state index contributed by atoms with van der Waals surface area (Å²) in [6.07, 6.45) is 8.64. The van der Waals surface area contributed by atoms with Gasteiger partial charge in [0.25, 0.3) is 0 Å². The maximum atomic E-state index is 15.1. The number of fused-ring (bicyclic) bond motifs is 2. The number of aromatic nitrogens is 5. The molecule has 34 heavy (non-hydrogen) atoms. The van der Waals surface area contributed by atoms with Crippen molar-refractivity contribution in [2.24, 2.45) is 11.8 Å². The lowest BCUT2D eigenvalue weighted by Gasteiger charge is -2.45. The van der Waals surface area contributed by atoms with Crippen molar-refractivity contribution < 1.29 is 13.9 Å². The minimum atomic E-state index is -0.881. The third-order valence-electron chi connectivity index (χ3n) is 7.04. The molecule has 10 heteroatoms. The number of alkyl halides is 1. The molecule has 2 aliphatic carbocycles. The van der Waals surface area contributed by atoms with Crippen molar-refractivity contribution >= 4 is 17.6 Å². The van der Waals surface area contributed by atoms with E-state index >= 15 is 4.39 Å². The predicted molar refractivity (Wildman–Crippen MR) is 127 cm³/mol. The monoisotopic (exact) mass is 484 g/mol. The molecule has 4 atom stereocenters. The van der Waals surface area contributed by atoms with Crippen LogP contribution in [0.3, 0.4) is 0 Å². The number of nitrogens with zero attached hydrogens (tertiary/aromatic N) is 6. The quantitative estimate of drug-likeness (QED) is 0.404.